The molecule has 1 aliphatic rings. The number of hydrogen-bond donors (Lipinski definition) is 1. The number of fused-ring (bicyclic) bond motifs is 1. The van der Waals surface area contributed by atoms with E-state index in [-0.39, 0.29) is 11.6 Å². The summed E-state index contributed by atoms with van der Waals surface area (Å²) in [6.07, 6.45) is 3.44. The second-order valence-electron chi connectivity index (χ2n) is 6.56. The average Bonchev–Trinajstić information content (AvgIpc) is 2.67. The lowest BCUT2D eigenvalue weighted by atomic mass is 10.1. The van der Waals surface area contributed by atoms with Crippen molar-refractivity contribution in [3.63, 3.8) is 0 Å². The molecule has 0 aliphatic carbocycles. The Kier molecular flexibility index (Phi) is 4.65. The molecule has 0 bridgehead atoms. The van der Waals surface area contributed by atoms with Crippen molar-refractivity contribution >= 4 is 22.7 Å². The van der Waals surface area contributed by atoms with Gasteiger partial charge in [-0.2, -0.15) is 4.98 Å². The Morgan fingerprint density at radius 2 is 1.62 bits per heavy atom. The van der Waals surface area contributed by atoms with Gasteiger partial charge in [-0.25, -0.2) is 13.8 Å². The van der Waals surface area contributed by atoms with Crippen molar-refractivity contribution in [3.05, 3.63) is 59.7 Å². The molecule has 4 rings (SSSR count). The zero-order chi connectivity index (χ0) is 17.9. The summed E-state index contributed by atoms with van der Waals surface area (Å²) in [6.45, 7) is 2.33. The third-order valence-electron chi connectivity index (χ3n) is 4.66. The molecule has 1 saturated heterocycles. The SMILES string of the molecule is Fc1ccc(CNc2nc(N3CCCCC3)nc3cc(F)ccc23)cc1. The van der Waals surface area contributed by atoms with Crippen molar-refractivity contribution < 1.29 is 8.78 Å². The number of anilines is 2. The molecule has 2 heterocycles. The van der Waals surface area contributed by atoms with Crippen molar-refractivity contribution in [1.29, 1.82) is 0 Å². The summed E-state index contributed by atoms with van der Waals surface area (Å²) in [7, 11) is 0. The summed E-state index contributed by atoms with van der Waals surface area (Å²) in [6, 6.07) is 10.9. The van der Waals surface area contributed by atoms with E-state index < -0.39 is 0 Å². The summed E-state index contributed by atoms with van der Waals surface area (Å²) in [5, 5.41) is 4.07. The van der Waals surface area contributed by atoms with Crippen molar-refractivity contribution in [3.8, 4) is 0 Å². The fraction of sp³-hybridized carbons (Fsp3) is 0.300. The van der Waals surface area contributed by atoms with Gasteiger partial charge in [0, 0.05) is 31.1 Å². The van der Waals surface area contributed by atoms with E-state index in [1.807, 2.05) is 0 Å². The standard InChI is InChI=1S/C20H20F2N4/c21-15-6-4-14(5-7-15)13-23-19-17-9-8-16(22)12-18(17)24-20(25-19)26-10-2-1-3-11-26/h4-9,12H,1-3,10-11,13H2,(H,23,24,25). The molecule has 134 valence electrons. The molecule has 0 saturated carbocycles. The van der Waals surface area contributed by atoms with Crippen LogP contribution in [0.2, 0.25) is 0 Å². The zero-order valence-electron chi connectivity index (χ0n) is 14.4. The van der Waals surface area contributed by atoms with Crippen LogP contribution in [0.15, 0.2) is 42.5 Å². The molecule has 0 unspecified atom stereocenters. The third kappa shape index (κ3) is 3.59. The number of aromatic nitrogens is 2. The van der Waals surface area contributed by atoms with Gasteiger partial charge in [-0.15, -0.1) is 0 Å². The lowest BCUT2D eigenvalue weighted by Crippen LogP contribution is -2.31. The molecule has 0 atom stereocenters. The number of rotatable bonds is 4. The predicted octanol–water partition coefficient (Wildman–Crippen LogP) is 4.51. The largest absolute Gasteiger partial charge is 0.365 e. The normalized spacial score (nSPS) is 14.6. The molecule has 1 aromatic heterocycles. The van der Waals surface area contributed by atoms with Crippen LogP contribution in [0.4, 0.5) is 20.5 Å². The highest BCUT2D eigenvalue weighted by molar-refractivity contribution is 5.90. The highest BCUT2D eigenvalue weighted by atomic mass is 19.1. The van der Waals surface area contributed by atoms with Crippen LogP contribution in [0, 0.1) is 11.6 Å². The van der Waals surface area contributed by atoms with E-state index in [1.165, 1.54) is 30.7 Å². The van der Waals surface area contributed by atoms with Crippen LogP contribution in [-0.2, 0) is 6.54 Å². The van der Waals surface area contributed by atoms with Gasteiger partial charge in [0.05, 0.1) is 5.52 Å². The maximum Gasteiger partial charge on any atom is 0.227 e. The Labute approximate surface area is 150 Å². The summed E-state index contributed by atoms with van der Waals surface area (Å²) in [5.41, 5.74) is 1.53. The van der Waals surface area contributed by atoms with E-state index in [0.717, 1.165) is 36.9 Å². The van der Waals surface area contributed by atoms with Gasteiger partial charge < -0.3 is 10.2 Å². The summed E-state index contributed by atoms with van der Waals surface area (Å²) in [4.78, 5) is 11.4. The molecular formula is C20H20F2N4. The monoisotopic (exact) mass is 354 g/mol. The number of piperidine rings is 1. The van der Waals surface area contributed by atoms with Gasteiger partial charge in [0.1, 0.15) is 17.5 Å². The summed E-state index contributed by atoms with van der Waals surface area (Å²) in [5.74, 6) is 0.721. The van der Waals surface area contributed by atoms with E-state index in [9.17, 15) is 8.78 Å². The number of halogens is 2. The van der Waals surface area contributed by atoms with E-state index >= 15 is 0 Å². The molecule has 1 N–H and O–H groups in total. The van der Waals surface area contributed by atoms with Gasteiger partial charge in [-0.3, -0.25) is 0 Å². The third-order valence-corrected chi connectivity index (χ3v) is 4.66. The molecule has 4 nitrogen and oxygen atoms in total. The molecule has 0 spiro atoms. The average molecular weight is 354 g/mol. The topological polar surface area (TPSA) is 41.1 Å². The van der Waals surface area contributed by atoms with Crippen molar-refractivity contribution in [2.75, 3.05) is 23.3 Å². The predicted molar refractivity (Wildman–Crippen MR) is 99.3 cm³/mol. The Morgan fingerprint density at radius 1 is 0.885 bits per heavy atom. The first kappa shape index (κ1) is 16.7. The Morgan fingerprint density at radius 3 is 2.38 bits per heavy atom. The number of benzene rings is 2. The Bertz CT molecular complexity index is 906. The van der Waals surface area contributed by atoms with Crippen LogP contribution in [0.25, 0.3) is 10.9 Å². The fourth-order valence-electron chi connectivity index (χ4n) is 3.25. The molecule has 1 aliphatic heterocycles. The van der Waals surface area contributed by atoms with Crippen LogP contribution in [0.1, 0.15) is 24.8 Å². The highest BCUT2D eigenvalue weighted by Crippen LogP contribution is 2.26. The second-order valence-corrected chi connectivity index (χ2v) is 6.56. The molecule has 3 aromatic rings. The maximum absolute atomic E-state index is 13.7. The molecule has 1 fully saturated rings. The maximum atomic E-state index is 13.7. The summed E-state index contributed by atoms with van der Waals surface area (Å²) >= 11 is 0. The quantitative estimate of drug-likeness (QED) is 0.748. The van der Waals surface area contributed by atoms with E-state index in [0.29, 0.717) is 23.8 Å². The minimum atomic E-state index is -0.315. The van der Waals surface area contributed by atoms with Crippen molar-refractivity contribution in [2.24, 2.45) is 0 Å². The molecular weight excluding hydrogens is 334 g/mol. The smallest absolute Gasteiger partial charge is 0.227 e. The zero-order valence-corrected chi connectivity index (χ0v) is 14.4. The lowest BCUT2D eigenvalue weighted by molar-refractivity contribution is 0.569. The molecule has 2 aromatic carbocycles. The van der Waals surface area contributed by atoms with E-state index in [4.69, 9.17) is 4.98 Å². The molecule has 0 radical (unpaired) electrons. The minimum Gasteiger partial charge on any atom is -0.365 e. The summed E-state index contributed by atoms with van der Waals surface area (Å²) < 4.78 is 26.8. The Balaban J connectivity index is 1.67. The van der Waals surface area contributed by atoms with Crippen molar-refractivity contribution in [2.45, 2.75) is 25.8 Å². The fourth-order valence-corrected chi connectivity index (χ4v) is 3.25. The van der Waals surface area contributed by atoms with Crippen LogP contribution in [0.3, 0.4) is 0 Å². The molecule has 6 heteroatoms. The van der Waals surface area contributed by atoms with Crippen LogP contribution >= 0.6 is 0 Å². The lowest BCUT2D eigenvalue weighted by Gasteiger charge is -2.27. The molecule has 26 heavy (non-hydrogen) atoms. The van der Waals surface area contributed by atoms with Gasteiger partial charge in [0.15, 0.2) is 0 Å². The van der Waals surface area contributed by atoms with Crippen LogP contribution in [-0.4, -0.2) is 23.1 Å². The first-order valence-corrected chi connectivity index (χ1v) is 8.89. The number of hydrogen-bond acceptors (Lipinski definition) is 4. The first-order valence-electron chi connectivity index (χ1n) is 8.89. The Hall–Kier alpha value is -2.76. The van der Waals surface area contributed by atoms with Gasteiger partial charge in [-0.1, -0.05) is 12.1 Å². The van der Waals surface area contributed by atoms with Gasteiger partial charge in [0.25, 0.3) is 0 Å². The van der Waals surface area contributed by atoms with Crippen molar-refractivity contribution in [1.82, 2.24) is 9.97 Å². The van der Waals surface area contributed by atoms with Crippen LogP contribution < -0.4 is 10.2 Å². The number of nitrogens with zero attached hydrogens (tertiary/aromatic N) is 3. The van der Waals surface area contributed by atoms with Gasteiger partial charge in [0.2, 0.25) is 5.95 Å². The second kappa shape index (κ2) is 7.23. The minimum absolute atomic E-state index is 0.260. The van der Waals surface area contributed by atoms with Crippen LogP contribution in [0.5, 0.6) is 0 Å². The first-order chi connectivity index (χ1) is 12.7. The van der Waals surface area contributed by atoms with E-state index in [1.54, 1.807) is 18.2 Å². The van der Waals surface area contributed by atoms with E-state index in [2.05, 4.69) is 15.2 Å². The van der Waals surface area contributed by atoms with Gasteiger partial charge in [-0.05, 0) is 49.1 Å². The highest BCUT2D eigenvalue weighted by Gasteiger charge is 2.16. The molecule has 0 amide bonds. The number of nitrogens with one attached hydrogen (secondary N) is 1. The van der Waals surface area contributed by atoms with Gasteiger partial charge >= 0.3 is 0 Å².